The maximum atomic E-state index is 8.96. The number of rotatable bonds is 1. The minimum Gasteiger partial charge on any atom is -0.233 e. The number of aromatic nitrogens is 2. The molecule has 0 aliphatic rings. The van der Waals surface area contributed by atoms with Crippen molar-refractivity contribution in [1.29, 1.82) is 5.26 Å². The van der Waals surface area contributed by atoms with E-state index in [4.69, 9.17) is 5.26 Å². The van der Waals surface area contributed by atoms with Gasteiger partial charge in [-0.3, -0.25) is 0 Å². The van der Waals surface area contributed by atoms with Crippen LogP contribution >= 0.6 is 11.3 Å². The van der Waals surface area contributed by atoms with Gasteiger partial charge in [-0.15, -0.1) is 11.3 Å². The predicted octanol–water partition coefficient (Wildman–Crippen LogP) is 3.54. The second-order valence-corrected chi connectivity index (χ2v) is 4.89. The number of nitriles is 1. The number of thiophene rings is 1. The smallest absolute Gasteiger partial charge is 0.162 e. The lowest BCUT2D eigenvalue weighted by Gasteiger charge is -2.00. The van der Waals surface area contributed by atoms with Crippen LogP contribution in [0.3, 0.4) is 0 Å². The second kappa shape index (κ2) is 4.21. The van der Waals surface area contributed by atoms with Crippen LogP contribution in [0.1, 0.15) is 11.4 Å². The molecular formula is C14H9N3S. The van der Waals surface area contributed by atoms with Crippen LogP contribution in [0.4, 0.5) is 0 Å². The standard InChI is InChI=1S/C14H9N3S/c1-9-6-10(7-15)17-14(16-9)12-8-18-13-5-3-2-4-11(12)13/h2-6,8H,1H3. The summed E-state index contributed by atoms with van der Waals surface area (Å²) in [5.41, 5.74) is 2.22. The molecule has 2 aromatic heterocycles. The first-order chi connectivity index (χ1) is 8.78. The van der Waals surface area contributed by atoms with Gasteiger partial charge < -0.3 is 0 Å². The first kappa shape index (κ1) is 10.9. The van der Waals surface area contributed by atoms with Crippen molar-refractivity contribution in [2.24, 2.45) is 0 Å². The Hall–Kier alpha value is -2.25. The molecule has 3 rings (SSSR count). The Morgan fingerprint density at radius 3 is 2.89 bits per heavy atom. The summed E-state index contributed by atoms with van der Waals surface area (Å²) in [6.07, 6.45) is 0. The van der Waals surface area contributed by atoms with Crippen molar-refractivity contribution in [3.63, 3.8) is 0 Å². The van der Waals surface area contributed by atoms with Gasteiger partial charge in [-0.2, -0.15) is 5.26 Å². The van der Waals surface area contributed by atoms with E-state index in [0.717, 1.165) is 16.6 Å². The summed E-state index contributed by atoms with van der Waals surface area (Å²) in [5.74, 6) is 0.629. The SMILES string of the molecule is Cc1cc(C#N)nc(-c2csc3ccccc23)n1. The third-order valence-corrected chi connectivity index (χ3v) is 3.65. The fraction of sp³-hybridized carbons (Fsp3) is 0.0714. The Kier molecular flexibility index (Phi) is 2.54. The molecule has 0 saturated heterocycles. The van der Waals surface area contributed by atoms with Gasteiger partial charge in [0.15, 0.2) is 5.82 Å². The van der Waals surface area contributed by atoms with E-state index in [-0.39, 0.29) is 0 Å². The van der Waals surface area contributed by atoms with E-state index in [1.165, 1.54) is 4.70 Å². The summed E-state index contributed by atoms with van der Waals surface area (Å²) in [6.45, 7) is 1.88. The summed E-state index contributed by atoms with van der Waals surface area (Å²) >= 11 is 1.67. The fourth-order valence-electron chi connectivity index (χ4n) is 1.90. The minimum atomic E-state index is 0.410. The molecule has 3 nitrogen and oxygen atoms in total. The van der Waals surface area contributed by atoms with Gasteiger partial charge in [0.05, 0.1) is 0 Å². The van der Waals surface area contributed by atoms with Gasteiger partial charge in [0.25, 0.3) is 0 Å². The van der Waals surface area contributed by atoms with Crippen LogP contribution in [0.25, 0.3) is 21.5 Å². The average Bonchev–Trinajstić information content (AvgIpc) is 2.81. The molecule has 4 heteroatoms. The van der Waals surface area contributed by atoms with Crippen molar-refractivity contribution in [2.75, 3.05) is 0 Å². The van der Waals surface area contributed by atoms with E-state index in [2.05, 4.69) is 28.2 Å². The van der Waals surface area contributed by atoms with Crippen molar-refractivity contribution in [2.45, 2.75) is 6.92 Å². The molecular weight excluding hydrogens is 242 g/mol. The maximum Gasteiger partial charge on any atom is 0.162 e. The number of aryl methyl sites for hydroxylation is 1. The van der Waals surface area contributed by atoms with E-state index in [9.17, 15) is 0 Å². The van der Waals surface area contributed by atoms with Gasteiger partial charge in [0.2, 0.25) is 0 Å². The molecule has 2 heterocycles. The predicted molar refractivity (Wildman–Crippen MR) is 72.3 cm³/mol. The zero-order chi connectivity index (χ0) is 12.5. The number of hydrogen-bond donors (Lipinski definition) is 0. The summed E-state index contributed by atoms with van der Waals surface area (Å²) in [7, 11) is 0. The molecule has 3 aromatic rings. The van der Waals surface area contributed by atoms with Crippen molar-refractivity contribution in [3.8, 4) is 17.5 Å². The largest absolute Gasteiger partial charge is 0.233 e. The molecule has 0 unspecified atom stereocenters. The minimum absolute atomic E-state index is 0.410. The lowest BCUT2D eigenvalue weighted by Crippen LogP contribution is -1.94. The zero-order valence-electron chi connectivity index (χ0n) is 9.71. The maximum absolute atomic E-state index is 8.96. The Balaban J connectivity index is 2.27. The van der Waals surface area contributed by atoms with E-state index < -0.39 is 0 Å². The fourth-order valence-corrected chi connectivity index (χ4v) is 2.84. The second-order valence-electron chi connectivity index (χ2n) is 3.98. The van der Waals surface area contributed by atoms with Crippen LogP contribution in [0.15, 0.2) is 35.7 Å². The highest BCUT2D eigenvalue weighted by atomic mass is 32.1. The molecule has 0 radical (unpaired) electrons. The molecule has 0 fully saturated rings. The van der Waals surface area contributed by atoms with Crippen LogP contribution < -0.4 is 0 Å². The lowest BCUT2D eigenvalue weighted by molar-refractivity contribution is 1.09. The molecule has 0 amide bonds. The number of hydrogen-bond acceptors (Lipinski definition) is 4. The van der Waals surface area contributed by atoms with Crippen LogP contribution in [0.5, 0.6) is 0 Å². The molecule has 0 aliphatic heterocycles. The molecule has 0 saturated carbocycles. The van der Waals surface area contributed by atoms with Crippen LogP contribution in [0.2, 0.25) is 0 Å². The van der Waals surface area contributed by atoms with E-state index >= 15 is 0 Å². The Morgan fingerprint density at radius 1 is 1.22 bits per heavy atom. The Morgan fingerprint density at radius 2 is 2.06 bits per heavy atom. The number of fused-ring (bicyclic) bond motifs is 1. The first-order valence-corrected chi connectivity index (χ1v) is 6.38. The summed E-state index contributed by atoms with van der Waals surface area (Å²) in [6, 6.07) is 11.9. The third kappa shape index (κ3) is 1.75. The molecule has 0 atom stereocenters. The van der Waals surface area contributed by atoms with Crippen molar-refractivity contribution in [1.82, 2.24) is 9.97 Å². The summed E-state index contributed by atoms with van der Waals surface area (Å²) in [5, 5.41) is 12.1. The van der Waals surface area contributed by atoms with E-state index in [0.29, 0.717) is 11.5 Å². The molecule has 86 valence electrons. The third-order valence-electron chi connectivity index (χ3n) is 2.69. The van der Waals surface area contributed by atoms with E-state index in [1.54, 1.807) is 17.4 Å². The Labute approximate surface area is 108 Å². The highest BCUT2D eigenvalue weighted by Gasteiger charge is 2.10. The molecule has 0 bridgehead atoms. The van der Waals surface area contributed by atoms with Crippen molar-refractivity contribution in [3.05, 3.63) is 47.1 Å². The monoisotopic (exact) mass is 251 g/mol. The van der Waals surface area contributed by atoms with Crippen molar-refractivity contribution >= 4 is 21.4 Å². The quantitative estimate of drug-likeness (QED) is 0.664. The molecule has 18 heavy (non-hydrogen) atoms. The van der Waals surface area contributed by atoms with Gasteiger partial charge in [0, 0.05) is 26.7 Å². The van der Waals surface area contributed by atoms with E-state index in [1.807, 2.05) is 24.4 Å². The average molecular weight is 251 g/mol. The van der Waals surface area contributed by atoms with Gasteiger partial charge >= 0.3 is 0 Å². The van der Waals surface area contributed by atoms with Gasteiger partial charge in [-0.05, 0) is 19.1 Å². The summed E-state index contributed by atoms with van der Waals surface area (Å²) < 4.78 is 1.20. The Bertz CT molecular complexity index is 768. The molecule has 0 spiro atoms. The molecule has 0 aliphatic carbocycles. The topological polar surface area (TPSA) is 49.6 Å². The van der Waals surface area contributed by atoms with Crippen LogP contribution in [-0.4, -0.2) is 9.97 Å². The lowest BCUT2D eigenvalue weighted by atomic mass is 10.1. The number of nitrogens with zero attached hydrogens (tertiary/aromatic N) is 3. The van der Waals surface area contributed by atoms with Crippen LogP contribution in [0, 0.1) is 18.3 Å². The van der Waals surface area contributed by atoms with Crippen LogP contribution in [-0.2, 0) is 0 Å². The van der Waals surface area contributed by atoms with Gasteiger partial charge in [-0.1, -0.05) is 18.2 Å². The highest BCUT2D eigenvalue weighted by Crippen LogP contribution is 2.31. The number of benzene rings is 1. The van der Waals surface area contributed by atoms with Gasteiger partial charge in [0.1, 0.15) is 11.8 Å². The highest BCUT2D eigenvalue weighted by molar-refractivity contribution is 7.17. The van der Waals surface area contributed by atoms with Crippen molar-refractivity contribution < 1.29 is 0 Å². The van der Waals surface area contributed by atoms with Gasteiger partial charge in [-0.25, -0.2) is 9.97 Å². The first-order valence-electron chi connectivity index (χ1n) is 5.50. The molecule has 1 aromatic carbocycles. The zero-order valence-corrected chi connectivity index (χ0v) is 10.5. The summed E-state index contributed by atoms with van der Waals surface area (Å²) in [4.78, 5) is 8.70. The molecule has 0 N–H and O–H groups in total. The normalized spacial score (nSPS) is 10.4.